The number of hydrogen-bond donors (Lipinski definition) is 6. The van der Waals surface area contributed by atoms with E-state index in [4.69, 9.17) is 10.5 Å². The number of nitrogens with zero attached hydrogens (tertiary/aromatic N) is 1. The van der Waals surface area contributed by atoms with Crippen LogP contribution in [0.3, 0.4) is 0 Å². The maximum Gasteiger partial charge on any atom is 0.328 e. The molecule has 2 rings (SSSR count). The van der Waals surface area contributed by atoms with Crippen molar-refractivity contribution in [2.45, 2.75) is 50.1 Å². The van der Waals surface area contributed by atoms with Gasteiger partial charge in [-0.3, -0.25) is 4.79 Å². The zero-order chi connectivity index (χ0) is 21.4. The van der Waals surface area contributed by atoms with Crippen molar-refractivity contribution < 1.29 is 29.8 Å². The Morgan fingerprint density at radius 2 is 2.10 bits per heavy atom. The number of amides is 1. The number of H-pyrrole nitrogens is 1. The molecule has 11 heteroatoms. The Labute approximate surface area is 167 Å². The summed E-state index contributed by atoms with van der Waals surface area (Å²) < 4.78 is 5.40. The quantitative estimate of drug-likeness (QED) is 0.130. The van der Waals surface area contributed by atoms with Gasteiger partial charge in [0.1, 0.15) is 30.6 Å². The Balaban J connectivity index is 2.07. The topological polar surface area (TPSA) is 184 Å². The van der Waals surface area contributed by atoms with Crippen LogP contribution < -0.4 is 11.1 Å². The van der Waals surface area contributed by atoms with Crippen LogP contribution in [0.2, 0.25) is 0 Å². The van der Waals surface area contributed by atoms with Crippen LogP contribution in [0.25, 0.3) is 0 Å². The molecule has 1 aromatic heterocycles. The molecule has 29 heavy (non-hydrogen) atoms. The normalized spacial score (nSPS) is 23.4. The Kier molecular flexibility index (Phi) is 8.56. The molecule has 1 aromatic rings. The molecule has 0 spiro atoms. The highest BCUT2D eigenvalue weighted by molar-refractivity contribution is 5.76. The molecule has 1 fully saturated rings. The molecule has 160 valence electrons. The van der Waals surface area contributed by atoms with Gasteiger partial charge in [0.25, 0.3) is 0 Å². The van der Waals surface area contributed by atoms with Crippen LogP contribution in [0.1, 0.15) is 42.9 Å². The zero-order valence-corrected chi connectivity index (χ0v) is 15.8. The number of ether oxygens (including phenoxy) is 1. The summed E-state index contributed by atoms with van der Waals surface area (Å²) in [6.45, 7) is 0.0864. The molecule has 1 aliphatic heterocycles. The van der Waals surface area contributed by atoms with E-state index >= 15 is 0 Å². The van der Waals surface area contributed by atoms with Crippen LogP contribution in [-0.2, 0) is 9.53 Å². The number of hydrogen-bond acceptors (Lipinski definition) is 8. The summed E-state index contributed by atoms with van der Waals surface area (Å²) in [7, 11) is 0. The molecule has 0 aromatic carbocycles. The summed E-state index contributed by atoms with van der Waals surface area (Å²) in [5.74, 6) is 4.85. The molecular formula is C18H26N4O7. The minimum absolute atomic E-state index is 0.0156. The minimum atomic E-state index is -1.46. The van der Waals surface area contributed by atoms with Crippen LogP contribution in [0, 0.1) is 22.0 Å². The second-order valence-electron chi connectivity index (χ2n) is 6.66. The van der Waals surface area contributed by atoms with Crippen molar-refractivity contribution in [2.24, 2.45) is 5.73 Å². The highest BCUT2D eigenvalue weighted by Gasteiger charge is 2.46. The lowest BCUT2D eigenvalue weighted by Gasteiger charge is -2.13. The predicted octanol–water partition coefficient (Wildman–Crippen LogP) is -0.936. The fourth-order valence-corrected chi connectivity index (χ4v) is 3.08. The van der Waals surface area contributed by atoms with Gasteiger partial charge in [-0.1, -0.05) is 18.3 Å². The lowest BCUT2D eigenvalue weighted by molar-refractivity contribution is -0.390. The van der Waals surface area contributed by atoms with Crippen molar-refractivity contribution in [3.8, 4) is 11.8 Å². The standard InChI is InChI=1S/C18H26N4O7/c19-7-3-1-2-6-13(24)20-8-4-5-11-9-21-18(22(27)28)14(11)17-16(26)15(25)12(10-23)29-17/h9,12,15-17,21,23,25-26H,1-3,6-8,10,19H2,(H,20,24)/t12-,15-,16-,17+/m1/s1. The summed E-state index contributed by atoms with van der Waals surface area (Å²) in [4.78, 5) is 24.8. The molecule has 11 nitrogen and oxygen atoms in total. The first kappa shape index (κ1) is 22.8. The van der Waals surface area contributed by atoms with Gasteiger partial charge in [0.15, 0.2) is 0 Å². The van der Waals surface area contributed by atoms with Gasteiger partial charge < -0.3 is 41.2 Å². The number of carbonyl (C=O) groups is 1. The summed E-state index contributed by atoms with van der Waals surface area (Å²) in [6.07, 6.45) is -1.02. The molecule has 0 saturated carbocycles. The third kappa shape index (κ3) is 5.75. The van der Waals surface area contributed by atoms with E-state index in [1.807, 2.05) is 0 Å². The van der Waals surface area contributed by atoms with Gasteiger partial charge in [-0.15, -0.1) is 0 Å². The number of aromatic amines is 1. The molecule has 1 aliphatic rings. The van der Waals surface area contributed by atoms with Gasteiger partial charge in [0, 0.05) is 6.42 Å². The Morgan fingerprint density at radius 1 is 1.34 bits per heavy atom. The van der Waals surface area contributed by atoms with E-state index in [-0.39, 0.29) is 23.6 Å². The molecule has 4 atom stereocenters. The smallest absolute Gasteiger partial charge is 0.328 e. The highest BCUT2D eigenvalue weighted by atomic mass is 16.6. The van der Waals surface area contributed by atoms with Crippen molar-refractivity contribution in [1.82, 2.24) is 10.3 Å². The zero-order valence-electron chi connectivity index (χ0n) is 15.8. The SMILES string of the molecule is NCCCCCC(=O)NCC#Cc1c[nH]c([N+](=O)[O-])c1[C@@H]1O[C@H](CO)[C@@H](O)[C@H]1O. The second kappa shape index (κ2) is 10.9. The van der Waals surface area contributed by atoms with E-state index in [0.29, 0.717) is 13.0 Å². The molecule has 0 bridgehead atoms. The van der Waals surface area contributed by atoms with E-state index in [9.17, 15) is 30.2 Å². The lowest BCUT2D eigenvalue weighted by Crippen LogP contribution is -2.32. The number of unbranched alkanes of at least 4 members (excludes halogenated alkanes) is 2. The van der Waals surface area contributed by atoms with Crippen molar-refractivity contribution in [3.63, 3.8) is 0 Å². The van der Waals surface area contributed by atoms with Crippen LogP contribution in [-0.4, -0.2) is 69.1 Å². The number of rotatable bonds is 9. The van der Waals surface area contributed by atoms with E-state index in [1.54, 1.807) is 0 Å². The molecule has 7 N–H and O–H groups in total. The van der Waals surface area contributed by atoms with Crippen molar-refractivity contribution >= 4 is 11.7 Å². The Bertz CT molecular complexity index is 770. The van der Waals surface area contributed by atoms with E-state index in [2.05, 4.69) is 22.1 Å². The lowest BCUT2D eigenvalue weighted by atomic mass is 10.00. The van der Waals surface area contributed by atoms with E-state index in [1.165, 1.54) is 6.20 Å². The largest absolute Gasteiger partial charge is 0.394 e. The fourth-order valence-electron chi connectivity index (χ4n) is 3.08. The van der Waals surface area contributed by atoms with Crippen LogP contribution in [0.15, 0.2) is 6.20 Å². The van der Waals surface area contributed by atoms with Crippen LogP contribution >= 0.6 is 0 Å². The summed E-state index contributed by atoms with van der Waals surface area (Å²) in [5, 5.41) is 43.3. The number of aliphatic hydroxyl groups is 3. The first-order valence-electron chi connectivity index (χ1n) is 9.34. The van der Waals surface area contributed by atoms with Gasteiger partial charge in [0.2, 0.25) is 5.91 Å². The summed E-state index contributed by atoms with van der Waals surface area (Å²) in [6, 6.07) is 0. The summed E-state index contributed by atoms with van der Waals surface area (Å²) in [5.41, 5.74) is 5.58. The van der Waals surface area contributed by atoms with Gasteiger partial charge >= 0.3 is 5.82 Å². The highest BCUT2D eigenvalue weighted by Crippen LogP contribution is 2.39. The van der Waals surface area contributed by atoms with Crippen molar-refractivity contribution in [1.29, 1.82) is 0 Å². The molecule has 2 heterocycles. The van der Waals surface area contributed by atoms with Gasteiger partial charge in [-0.05, 0) is 24.3 Å². The second-order valence-corrected chi connectivity index (χ2v) is 6.66. The average Bonchev–Trinajstić information content (AvgIpc) is 3.24. The van der Waals surface area contributed by atoms with Gasteiger partial charge in [-0.2, -0.15) is 0 Å². The first-order chi connectivity index (χ1) is 13.9. The Hall–Kier alpha value is -2.49. The number of aliphatic hydroxyl groups excluding tert-OH is 3. The van der Waals surface area contributed by atoms with Crippen LogP contribution in [0.5, 0.6) is 0 Å². The van der Waals surface area contributed by atoms with Gasteiger partial charge in [0.05, 0.1) is 24.3 Å². The minimum Gasteiger partial charge on any atom is -0.394 e. The number of nitrogens with one attached hydrogen (secondary N) is 2. The molecule has 0 unspecified atom stereocenters. The number of aromatic nitrogens is 1. The predicted molar refractivity (Wildman–Crippen MR) is 102 cm³/mol. The third-order valence-electron chi connectivity index (χ3n) is 4.61. The Morgan fingerprint density at radius 3 is 2.72 bits per heavy atom. The molecular weight excluding hydrogens is 384 g/mol. The number of nitro groups is 1. The number of nitrogens with two attached hydrogens (primary N) is 1. The van der Waals surface area contributed by atoms with Gasteiger partial charge in [-0.25, -0.2) is 4.98 Å². The third-order valence-corrected chi connectivity index (χ3v) is 4.61. The summed E-state index contributed by atoms with van der Waals surface area (Å²) >= 11 is 0. The maximum atomic E-state index is 11.7. The maximum absolute atomic E-state index is 11.7. The van der Waals surface area contributed by atoms with E-state index in [0.717, 1.165) is 19.3 Å². The fraction of sp³-hybridized carbons (Fsp3) is 0.611. The van der Waals surface area contributed by atoms with Crippen molar-refractivity contribution in [2.75, 3.05) is 19.7 Å². The van der Waals surface area contributed by atoms with Crippen molar-refractivity contribution in [3.05, 3.63) is 27.4 Å². The monoisotopic (exact) mass is 410 g/mol. The molecule has 1 saturated heterocycles. The molecule has 0 radical (unpaired) electrons. The van der Waals surface area contributed by atoms with Crippen LogP contribution in [0.4, 0.5) is 5.82 Å². The average molecular weight is 410 g/mol. The number of carbonyl (C=O) groups excluding carboxylic acids is 1. The molecule has 0 aliphatic carbocycles. The van der Waals surface area contributed by atoms with E-state index < -0.39 is 41.8 Å². The molecule has 1 amide bonds. The first-order valence-corrected chi connectivity index (χ1v) is 9.34.